The first-order valence-corrected chi connectivity index (χ1v) is 9.06. The van der Waals surface area contributed by atoms with Crippen LogP contribution in [0.2, 0.25) is 0 Å². The van der Waals surface area contributed by atoms with E-state index in [9.17, 15) is 4.79 Å². The minimum absolute atomic E-state index is 0.109. The van der Waals surface area contributed by atoms with E-state index in [1.807, 2.05) is 66.7 Å². The van der Waals surface area contributed by atoms with Gasteiger partial charge >= 0.3 is 0 Å². The van der Waals surface area contributed by atoms with E-state index >= 15 is 0 Å². The van der Waals surface area contributed by atoms with Gasteiger partial charge in [0.15, 0.2) is 6.61 Å². The van der Waals surface area contributed by atoms with Gasteiger partial charge in [0.25, 0.3) is 17.7 Å². The van der Waals surface area contributed by atoms with Crippen LogP contribution in [0.15, 0.2) is 71.3 Å². The number of ether oxygens (including phenoxy) is 1. The van der Waals surface area contributed by atoms with Gasteiger partial charge in [0.1, 0.15) is 5.75 Å². The van der Waals surface area contributed by atoms with Crippen LogP contribution in [0.3, 0.4) is 0 Å². The highest BCUT2D eigenvalue weighted by Gasteiger charge is 2.14. The van der Waals surface area contributed by atoms with Crippen LogP contribution in [0.5, 0.6) is 5.75 Å². The Hall–Kier alpha value is -3.67. The summed E-state index contributed by atoms with van der Waals surface area (Å²) >= 11 is 0. The molecule has 1 aromatic heterocycles. The number of rotatable bonds is 6. The molecule has 6 nitrogen and oxygen atoms in total. The van der Waals surface area contributed by atoms with Crippen molar-refractivity contribution >= 4 is 22.6 Å². The maximum absolute atomic E-state index is 12.1. The maximum atomic E-state index is 12.1. The minimum Gasteiger partial charge on any atom is -0.484 e. The summed E-state index contributed by atoms with van der Waals surface area (Å²) in [6, 6.07) is 21.4. The zero-order valence-electron chi connectivity index (χ0n) is 15.4. The minimum atomic E-state index is -0.357. The van der Waals surface area contributed by atoms with Crippen LogP contribution in [0.1, 0.15) is 12.5 Å². The summed E-state index contributed by atoms with van der Waals surface area (Å²) in [5.74, 6) is 0.739. The standard InChI is InChI=1S/C22H19N3O3/c1-2-15-10-12-17(13-11-15)27-14-20(26)23-22-24-21(28-25-22)19-9-5-7-16-6-3-4-8-18(16)19/h3-13H,2,14H2,1H3,(H,23,25,26). The van der Waals surface area contributed by atoms with Crippen LogP contribution in [0, 0.1) is 0 Å². The summed E-state index contributed by atoms with van der Waals surface area (Å²) < 4.78 is 10.8. The summed E-state index contributed by atoms with van der Waals surface area (Å²) in [4.78, 5) is 16.4. The zero-order valence-corrected chi connectivity index (χ0v) is 15.4. The predicted molar refractivity (Wildman–Crippen MR) is 107 cm³/mol. The topological polar surface area (TPSA) is 77.2 Å². The van der Waals surface area contributed by atoms with E-state index < -0.39 is 0 Å². The van der Waals surface area contributed by atoms with E-state index in [4.69, 9.17) is 9.26 Å². The van der Waals surface area contributed by atoms with E-state index in [1.165, 1.54) is 5.56 Å². The summed E-state index contributed by atoms with van der Waals surface area (Å²) in [7, 11) is 0. The Kier molecular flexibility index (Phi) is 5.01. The Labute approximate surface area is 162 Å². The lowest BCUT2D eigenvalue weighted by atomic mass is 10.0. The molecule has 4 aromatic rings. The molecule has 1 N–H and O–H groups in total. The molecule has 0 aliphatic carbocycles. The number of carbonyl (C=O) groups excluding carboxylic acids is 1. The molecule has 6 heteroatoms. The average molecular weight is 373 g/mol. The molecule has 0 aliphatic heterocycles. The van der Waals surface area contributed by atoms with Gasteiger partial charge in [-0.05, 0) is 46.1 Å². The van der Waals surface area contributed by atoms with Gasteiger partial charge in [-0.25, -0.2) is 0 Å². The number of benzene rings is 3. The fraction of sp³-hybridized carbons (Fsp3) is 0.136. The van der Waals surface area contributed by atoms with Gasteiger partial charge in [-0.2, -0.15) is 4.98 Å². The smallest absolute Gasteiger partial charge is 0.270 e. The van der Waals surface area contributed by atoms with Gasteiger partial charge in [0, 0.05) is 5.56 Å². The Morgan fingerprint density at radius 2 is 1.82 bits per heavy atom. The quantitative estimate of drug-likeness (QED) is 0.540. The number of aromatic nitrogens is 2. The SMILES string of the molecule is CCc1ccc(OCC(=O)Nc2noc(-c3cccc4ccccc34)n2)cc1. The lowest BCUT2D eigenvalue weighted by Crippen LogP contribution is -2.20. The molecule has 1 amide bonds. The monoisotopic (exact) mass is 373 g/mol. The highest BCUT2D eigenvalue weighted by atomic mass is 16.5. The second-order valence-electron chi connectivity index (χ2n) is 6.28. The van der Waals surface area contributed by atoms with Crippen molar-refractivity contribution in [3.05, 3.63) is 72.3 Å². The van der Waals surface area contributed by atoms with E-state index in [2.05, 4.69) is 22.4 Å². The number of hydrogen-bond donors (Lipinski definition) is 1. The van der Waals surface area contributed by atoms with Gasteiger partial charge in [-0.15, -0.1) is 0 Å². The van der Waals surface area contributed by atoms with Crippen LogP contribution < -0.4 is 10.1 Å². The van der Waals surface area contributed by atoms with E-state index in [0.717, 1.165) is 22.8 Å². The van der Waals surface area contributed by atoms with E-state index in [-0.39, 0.29) is 18.5 Å². The predicted octanol–water partition coefficient (Wildman–Crippen LogP) is 4.47. The summed E-state index contributed by atoms with van der Waals surface area (Å²) in [5, 5.41) is 8.52. The second-order valence-corrected chi connectivity index (χ2v) is 6.28. The molecular weight excluding hydrogens is 354 g/mol. The second kappa shape index (κ2) is 7.92. The number of amides is 1. The summed E-state index contributed by atoms with van der Waals surface area (Å²) in [6.07, 6.45) is 0.956. The molecule has 4 rings (SSSR count). The third-order valence-electron chi connectivity index (χ3n) is 4.40. The molecule has 0 bridgehead atoms. The van der Waals surface area contributed by atoms with Crippen molar-refractivity contribution in [1.29, 1.82) is 0 Å². The van der Waals surface area contributed by atoms with E-state index in [0.29, 0.717) is 11.6 Å². The van der Waals surface area contributed by atoms with Crippen LogP contribution in [-0.2, 0) is 11.2 Å². The lowest BCUT2D eigenvalue weighted by molar-refractivity contribution is -0.118. The van der Waals surface area contributed by atoms with Gasteiger partial charge in [-0.1, -0.05) is 55.5 Å². The van der Waals surface area contributed by atoms with Gasteiger partial charge in [0.2, 0.25) is 0 Å². The normalized spacial score (nSPS) is 10.8. The van der Waals surface area contributed by atoms with Crippen LogP contribution >= 0.6 is 0 Å². The number of hydrogen-bond acceptors (Lipinski definition) is 5. The first kappa shape index (κ1) is 17.7. The molecule has 0 fully saturated rings. The molecule has 0 saturated carbocycles. The highest BCUT2D eigenvalue weighted by Crippen LogP contribution is 2.27. The Morgan fingerprint density at radius 1 is 1.04 bits per heavy atom. The number of aryl methyl sites for hydroxylation is 1. The number of nitrogens with one attached hydrogen (secondary N) is 1. The van der Waals surface area contributed by atoms with E-state index in [1.54, 1.807) is 0 Å². The highest BCUT2D eigenvalue weighted by molar-refractivity contribution is 5.95. The molecule has 0 spiro atoms. The van der Waals surface area contributed by atoms with Gasteiger partial charge in [0.05, 0.1) is 0 Å². The van der Waals surface area contributed by atoms with Crippen LogP contribution in [0.25, 0.3) is 22.2 Å². The van der Waals surface area contributed by atoms with Gasteiger partial charge < -0.3 is 9.26 Å². The van der Waals surface area contributed by atoms with Crippen molar-refractivity contribution in [1.82, 2.24) is 10.1 Å². The Bertz CT molecular complexity index is 1100. The largest absolute Gasteiger partial charge is 0.484 e. The molecule has 140 valence electrons. The first-order valence-electron chi connectivity index (χ1n) is 9.06. The molecule has 3 aromatic carbocycles. The maximum Gasteiger partial charge on any atom is 0.270 e. The average Bonchev–Trinajstić information content (AvgIpc) is 3.20. The lowest BCUT2D eigenvalue weighted by Gasteiger charge is -2.06. The van der Waals surface area contributed by atoms with Crippen molar-refractivity contribution in [3.63, 3.8) is 0 Å². The number of anilines is 1. The van der Waals surface area contributed by atoms with Gasteiger partial charge in [-0.3, -0.25) is 10.1 Å². The third-order valence-corrected chi connectivity index (χ3v) is 4.40. The molecule has 0 saturated heterocycles. The van der Waals surface area contributed by atoms with Crippen molar-refractivity contribution in [2.75, 3.05) is 11.9 Å². The van der Waals surface area contributed by atoms with Crippen molar-refractivity contribution < 1.29 is 14.1 Å². The Balaban J connectivity index is 1.42. The van der Waals surface area contributed by atoms with Crippen molar-refractivity contribution in [3.8, 4) is 17.2 Å². The fourth-order valence-corrected chi connectivity index (χ4v) is 2.93. The molecule has 0 unspecified atom stereocenters. The Morgan fingerprint density at radius 3 is 2.64 bits per heavy atom. The summed E-state index contributed by atoms with van der Waals surface area (Å²) in [6.45, 7) is 1.95. The van der Waals surface area contributed by atoms with Crippen LogP contribution in [-0.4, -0.2) is 22.7 Å². The molecule has 0 aliphatic rings. The number of nitrogens with zero attached hydrogens (tertiary/aromatic N) is 2. The summed E-state index contributed by atoms with van der Waals surface area (Å²) in [5.41, 5.74) is 2.03. The first-order chi connectivity index (χ1) is 13.7. The molecular formula is C22H19N3O3. The third kappa shape index (κ3) is 3.86. The fourth-order valence-electron chi connectivity index (χ4n) is 2.93. The van der Waals surface area contributed by atoms with Crippen molar-refractivity contribution in [2.24, 2.45) is 0 Å². The molecule has 1 heterocycles. The number of carbonyl (C=O) groups is 1. The van der Waals surface area contributed by atoms with Crippen molar-refractivity contribution in [2.45, 2.75) is 13.3 Å². The molecule has 0 radical (unpaired) electrons. The molecule has 0 atom stereocenters. The van der Waals surface area contributed by atoms with Crippen LogP contribution in [0.4, 0.5) is 5.95 Å². The molecule has 28 heavy (non-hydrogen) atoms. The zero-order chi connectivity index (χ0) is 19.3. The number of fused-ring (bicyclic) bond motifs is 1.